The summed E-state index contributed by atoms with van der Waals surface area (Å²) >= 11 is 0. The van der Waals surface area contributed by atoms with E-state index in [0.717, 1.165) is 38.4 Å². The standard InChI is InChI=1S/C21H28N4O3/c1-5-24-10-12-25(13-11-24)17-8-6-16(7-9-17)23-20(26)19-14(2)18(15(3)22-19)21(27)28-4/h6-9,22H,5,10-13H2,1-4H3,(H,23,26). The Morgan fingerprint density at radius 3 is 2.32 bits per heavy atom. The van der Waals surface area contributed by atoms with Gasteiger partial charge in [0.1, 0.15) is 5.69 Å². The molecule has 0 spiro atoms. The van der Waals surface area contributed by atoms with Crippen LogP contribution >= 0.6 is 0 Å². The lowest BCUT2D eigenvalue weighted by Gasteiger charge is -2.35. The van der Waals surface area contributed by atoms with Gasteiger partial charge in [0.15, 0.2) is 0 Å². The summed E-state index contributed by atoms with van der Waals surface area (Å²) in [6.07, 6.45) is 0. The highest BCUT2D eigenvalue weighted by Crippen LogP contribution is 2.22. The Hall–Kier alpha value is -2.80. The number of benzene rings is 1. The predicted molar refractivity (Wildman–Crippen MR) is 110 cm³/mol. The van der Waals surface area contributed by atoms with Gasteiger partial charge in [-0.3, -0.25) is 4.79 Å². The molecule has 0 bridgehead atoms. The minimum Gasteiger partial charge on any atom is -0.465 e. The molecule has 0 aliphatic carbocycles. The Labute approximate surface area is 165 Å². The molecule has 3 rings (SSSR count). The van der Waals surface area contributed by atoms with E-state index in [0.29, 0.717) is 28.2 Å². The first-order valence-corrected chi connectivity index (χ1v) is 9.60. The first-order chi connectivity index (χ1) is 13.4. The summed E-state index contributed by atoms with van der Waals surface area (Å²) in [6, 6.07) is 7.88. The van der Waals surface area contributed by atoms with Crippen molar-refractivity contribution < 1.29 is 14.3 Å². The Morgan fingerprint density at radius 2 is 1.75 bits per heavy atom. The maximum atomic E-state index is 12.7. The van der Waals surface area contributed by atoms with E-state index in [-0.39, 0.29) is 5.91 Å². The number of aromatic nitrogens is 1. The Bertz CT molecular complexity index is 849. The van der Waals surface area contributed by atoms with E-state index >= 15 is 0 Å². The van der Waals surface area contributed by atoms with E-state index in [4.69, 9.17) is 4.74 Å². The van der Waals surface area contributed by atoms with Crippen molar-refractivity contribution in [1.29, 1.82) is 0 Å². The maximum absolute atomic E-state index is 12.7. The van der Waals surface area contributed by atoms with Gasteiger partial charge in [0.25, 0.3) is 5.91 Å². The topological polar surface area (TPSA) is 77.7 Å². The van der Waals surface area contributed by atoms with E-state index in [9.17, 15) is 9.59 Å². The highest BCUT2D eigenvalue weighted by Gasteiger charge is 2.22. The second-order valence-corrected chi connectivity index (χ2v) is 7.04. The second-order valence-electron chi connectivity index (χ2n) is 7.04. The van der Waals surface area contributed by atoms with Crippen LogP contribution in [0.1, 0.15) is 39.0 Å². The summed E-state index contributed by atoms with van der Waals surface area (Å²) in [4.78, 5) is 32.3. The van der Waals surface area contributed by atoms with Crippen molar-refractivity contribution in [3.8, 4) is 0 Å². The van der Waals surface area contributed by atoms with Gasteiger partial charge in [-0.25, -0.2) is 4.79 Å². The number of methoxy groups -OCH3 is 1. The molecule has 2 heterocycles. The number of carbonyl (C=O) groups is 2. The van der Waals surface area contributed by atoms with E-state index < -0.39 is 5.97 Å². The Balaban J connectivity index is 1.68. The molecule has 0 saturated carbocycles. The number of likely N-dealkylation sites (N-methyl/N-ethyl adjacent to an activating group) is 1. The number of piperazine rings is 1. The van der Waals surface area contributed by atoms with Gasteiger partial charge in [0.2, 0.25) is 0 Å². The average Bonchev–Trinajstić information content (AvgIpc) is 3.02. The molecule has 1 aromatic carbocycles. The van der Waals surface area contributed by atoms with Gasteiger partial charge in [-0.2, -0.15) is 0 Å². The zero-order valence-corrected chi connectivity index (χ0v) is 17.0. The molecule has 2 N–H and O–H groups in total. The lowest BCUT2D eigenvalue weighted by molar-refractivity contribution is 0.0599. The van der Waals surface area contributed by atoms with E-state index in [2.05, 4.69) is 27.0 Å². The molecule has 7 nitrogen and oxygen atoms in total. The van der Waals surface area contributed by atoms with E-state index in [1.165, 1.54) is 7.11 Å². The van der Waals surface area contributed by atoms with Crippen molar-refractivity contribution in [2.45, 2.75) is 20.8 Å². The highest BCUT2D eigenvalue weighted by atomic mass is 16.5. The number of carbonyl (C=O) groups excluding carboxylic acids is 2. The van der Waals surface area contributed by atoms with E-state index in [1.807, 2.05) is 24.3 Å². The summed E-state index contributed by atoms with van der Waals surface area (Å²) in [7, 11) is 1.33. The van der Waals surface area contributed by atoms with Gasteiger partial charge in [0, 0.05) is 43.2 Å². The summed E-state index contributed by atoms with van der Waals surface area (Å²) in [5.41, 5.74) is 3.87. The average molecular weight is 384 g/mol. The van der Waals surface area contributed by atoms with Gasteiger partial charge in [0.05, 0.1) is 12.7 Å². The van der Waals surface area contributed by atoms with Crippen molar-refractivity contribution in [3.63, 3.8) is 0 Å². The highest BCUT2D eigenvalue weighted by molar-refractivity contribution is 6.06. The largest absolute Gasteiger partial charge is 0.465 e. The lowest BCUT2D eigenvalue weighted by Crippen LogP contribution is -2.46. The second kappa shape index (κ2) is 8.48. The lowest BCUT2D eigenvalue weighted by atomic mass is 10.1. The number of hydrogen-bond donors (Lipinski definition) is 2. The van der Waals surface area contributed by atoms with Crippen LogP contribution in [0.5, 0.6) is 0 Å². The predicted octanol–water partition coefficient (Wildman–Crippen LogP) is 2.81. The van der Waals surface area contributed by atoms with Gasteiger partial charge in [-0.1, -0.05) is 6.92 Å². The number of esters is 1. The molecule has 1 aliphatic heterocycles. The number of aryl methyl sites for hydroxylation is 1. The van der Waals surface area contributed by atoms with Gasteiger partial charge < -0.3 is 24.8 Å². The molecule has 0 atom stereocenters. The van der Waals surface area contributed by atoms with Crippen LogP contribution in [0.4, 0.5) is 11.4 Å². The molecule has 1 aliphatic rings. The van der Waals surface area contributed by atoms with Crippen molar-refractivity contribution in [2.75, 3.05) is 50.1 Å². The van der Waals surface area contributed by atoms with Gasteiger partial charge in [-0.05, 0) is 50.2 Å². The van der Waals surface area contributed by atoms with E-state index in [1.54, 1.807) is 13.8 Å². The molecule has 0 radical (unpaired) electrons. The molecular weight excluding hydrogens is 356 g/mol. The van der Waals surface area contributed by atoms with Crippen LogP contribution in [0.2, 0.25) is 0 Å². The van der Waals surface area contributed by atoms with Crippen LogP contribution in [0, 0.1) is 13.8 Å². The summed E-state index contributed by atoms with van der Waals surface area (Å²) in [6.45, 7) is 10.9. The van der Waals surface area contributed by atoms with Gasteiger partial charge in [-0.15, -0.1) is 0 Å². The third kappa shape index (κ3) is 4.04. The first kappa shape index (κ1) is 19.9. The third-order valence-corrected chi connectivity index (χ3v) is 5.36. The minimum atomic E-state index is -0.446. The SMILES string of the molecule is CCN1CCN(c2ccc(NC(=O)c3[nH]c(C)c(C(=O)OC)c3C)cc2)CC1. The normalized spacial score (nSPS) is 14.8. The number of nitrogens with zero attached hydrogens (tertiary/aromatic N) is 2. The third-order valence-electron chi connectivity index (χ3n) is 5.36. The molecule has 28 heavy (non-hydrogen) atoms. The summed E-state index contributed by atoms with van der Waals surface area (Å²) < 4.78 is 4.80. The van der Waals surface area contributed by atoms with Crippen LogP contribution in [-0.2, 0) is 4.74 Å². The number of amides is 1. The monoisotopic (exact) mass is 384 g/mol. The fourth-order valence-corrected chi connectivity index (χ4v) is 3.66. The van der Waals surface area contributed by atoms with Crippen molar-refractivity contribution >= 4 is 23.3 Å². The summed E-state index contributed by atoms with van der Waals surface area (Å²) in [5.74, 6) is -0.724. The smallest absolute Gasteiger partial charge is 0.339 e. The Kier molecular flexibility index (Phi) is 6.04. The number of ether oxygens (including phenoxy) is 1. The molecular formula is C21H28N4O3. The number of anilines is 2. The Morgan fingerprint density at radius 1 is 1.11 bits per heavy atom. The number of aromatic amines is 1. The number of rotatable bonds is 5. The molecule has 7 heteroatoms. The van der Waals surface area contributed by atoms with Crippen LogP contribution in [-0.4, -0.2) is 61.6 Å². The van der Waals surface area contributed by atoms with Crippen LogP contribution in [0.3, 0.4) is 0 Å². The summed E-state index contributed by atoms with van der Waals surface area (Å²) in [5, 5.41) is 2.89. The fraction of sp³-hybridized carbons (Fsp3) is 0.429. The number of nitrogens with one attached hydrogen (secondary N) is 2. The molecule has 150 valence electrons. The quantitative estimate of drug-likeness (QED) is 0.775. The van der Waals surface area contributed by atoms with Crippen molar-refractivity contribution in [3.05, 3.63) is 46.8 Å². The molecule has 1 saturated heterocycles. The molecule has 1 aromatic heterocycles. The maximum Gasteiger partial charge on any atom is 0.339 e. The van der Waals surface area contributed by atoms with Gasteiger partial charge >= 0.3 is 5.97 Å². The minimum absolute atomic E-state index is 0.278. The van der Waals surface area contributed by atoms with Crippen LogP contribution in [0.25, 0.3) is 0 Å². The van der Waals surface area contributed by atoms with Crippen LogP contribution < -0.4 is 10.2 Å². The van der Waals surface area contributed by atoms with Crippen LogP contribution in [0.15, 0.2) is 24.3 Å². The zero-order valence-electron chi connectivity index (χ0n) is 17.0. The van der Waals surface area contributed by atoms with Crippen molar-refractivity contribution in [1.82, 2.24) is 9.88 Å². The van der Waals surface area contributed by atoms with Crippen molar-refractivity contribution in [2.24, 2.45) is 0 Å². The fourth-order valence-electron chi connectivity index (χ4n) is 3.66. The molecule has 2 aromatic rings. The zero-order chi connectivity index (χ0) is 20.3. The molecule has 0 unspecified atom stereocenters. The number of H-pyrrole nitrogens is 1. The number of hydrogen-bond acceptors (Lipinski definition) is 5. The molecule has 1 amide bonds. The first-order valence-electron chi connectivity index (χ1n) is 9.60. The molecule has 1 fully saturated rings.